The number of nitrogens with zero attached hydrogens (tertiary/aromatic N) is 4. The fourth-order valence-electron chi connectivity index (χ4n) is 3.61. The zero-order chi connectivity index (χ0) is 22.1. The summed E-state index contributed by atoms with van der Waals surface area (Å²) in [5.41, 5.74) is 2.03. The van der Waals surface area contributed by atoms with E-state index < -0.39 is 0 Å². The first-order valence-corrected chi connectivity index (χ1v) is 10.6. The van der Waals surface area contributed by atoms with E-state index in [1.165, 1.54) is 0 Å². The first-order valence-electron chi connectivity index (χ1n) is 10.6. The number of pyridine rings is 1. The highest BCUT2D eigenvalue weighted by atomic mass is 16.5. The number of hydrogen-bond donors (Lipinski definition) is 1. The molecule has 8 nitrogen and oxygen atoms in total. The Morgan fingerprint density at radius 2 is 1.84 bits per heavy atom. The molecule has 31 heavy (non-hydrogen) atoms. The maximum absolute atomic E-state index is 5.53. The Balaban J connectivity index is 1.61. The first kappa shape index (κ1) is 22.7. The van der Waals surface area contributed by atoms with Crippen molar-refractivity contribution in [2.45, 2.75) is 20.0 Å². The minimum atomic E-state index is 0.515. The SMILES string of the molecule is CCNC(=NCc1cccc(OC)n1)N1CCN(Cc2cc(OC)ccc2OC)CC1. The van der Waals surface area contributed by atoms with E-state index in [2.05, 4.69) is 33.1 Å². The Morgan fingerprint density at radius 3 is 2.52 bits per heavy atom. The van der Waals surface area contributed by atoms with Gasteiger partial charge in [0.05, 0.1) is 33.6 Å². The molecule has 1 aliphatic heterocycles. The molecule has 2 aromatic rings. The standard InChI is InChI=1S/C23H33N5O3/c1-5-24-23(25-16-19-7-6-8-22(26-19)31-4)28-13-11-27(12-14-28)17-18-15-20(29-2)9-10-21(18)30-3/h6-10,15H,5,11-14,16-17H2,1-4H3,(H,24,25). The van der Waals surface area contributed by atoms with Crippen LogP contribution in [0.5, 0.6) is 17.4 Å². The molecule has 168 valence electrons. The number of rotatable bonds is 8. The van der Waals surface area contributed by atoms with Gasteiger partial charge >= 0.3 is 0 Å². The van der Waals surface area contributed by atoms with E-state index in [4.69, 9.17) is 19.2 Å². The lowest BCUT2D eigenvalue weighted by molar-refractivity contribution is 0.171. The highest BCUT2D eigenvalue weighted by Gasteiger charge is 2.21. The molecular formula is C23H33N5O3. The quantitative estimate of drug-likeness (QED) is 0.512. The van der Waals surface area contributed by atoms with Crippen LogP contribution in [0.15, 0.2) is 41.4 Å². The molecule has 0 bridgehead atoms. The summed E-state index contributed by atoms with van der Waals surface area (Å²) < 4.78 is 16.1. The minimum Gasteiger partial charge on any atom is -0.497 e. The summed E-state index contributed by atoms with van der Waals surface area (Å²) in [6.45, 7) is 7.96. The van der Waals surface area contributed by atoms with E-state index in [1.807, 2.05) is 30.3 Å². The molecule has 0 saturated carbocycles. The maximum atomic E-state index is 5.53. The normalized spacial score (nSPS) is 15.0. The average molecular weight is 428 g/mol. The van der Waals surface area contributed by atoms with Crippen LogP contribution in [0.1, 0.15) is 18.2 Å². The number of piperazine rings is 1. The summed E-state index contributed by atoms with van der Waals surface area (Å²) in [6.07, 6.45) is 0. The Morgan fingerprint density at radius 1 is 1.03 bits per heavy atom. The molecule has 0 amide bonds. The van der Waals surface area contributed by atoms with E-state index in [0.717, 1.165) is 68.0 Å². The molecule has 1 N–H and O–H groups in total. The van der Waals surface area contributed by atoms with Gasteiger partial charge in [-0.3, -0.25) is 4.90 Å². The monoisotopic (exact) mass is 427 g/mol. The van der Waals surface area contributed by atoms with Crippen molar-refractivity contribution in [2.24, 2.45) is 4.99 Å². The summed E-state index contributed by atoms with van der Waals surface area (Å²) in [7, 11) is 5.02. The third-order valence-corrected chi connectivity index (χ3v) is 5.27. The topological polar surface area (TPSA) is 71.5 Å². The number of aliphatic imine (C=N–C) groups is 1. The fourth-order valence-corrected chi connectivity index (χ4v) is 3.61. The maximum Gasteiger partial charge on any atom is 0.213 e. The number of nitrogens with one attached hydrogen (secondary N) is 1. The van der Waals surface area contributed by atoms with Crippen LogP contribution in [0.2, 0.25) is 0 Å². The lowest BCUT2D eigenvalue weighted by Gasteiger charge is -2.36. The van der Waals surface area contributed by atoms with Gasteiger partial charge in [0, 0.05) is 50.9 Å². The van der Waals surface area contributed by atoms with Crippen molar-refractivity contribution in [3.05, 3.63) is 47.7 Å². The molecule has 0 atom stereocenters. The molecule has 1 saturated heterocycles. The molecular weight excluding hydrogens is 394 g/mol. The van der Waals surface area contributed by atoms with Gasteiger partial charge in [0.15, 0.2) is 5.96 Å². The predicted molar refractivity (Wildman–Crippen MR) is 122 cm³/mol. The van der Waals surface area contributed by atoms with Gasteiger partial charge in [-0.05, 0) is 31.2 Å². The predicted octanol–water partition coefficient (Wildman–Crippen LogP) is 2.39. The van der Waals surface area contributed by atoms with Crippen LogP contribution >= 0.6 is 0 Å². The lowest BCUT2D eigenvalue weighted by Crippen LogP contribution is -2.52. The van der Waals surface area contributed by atoms with E-state index in [0.29, 0.717) is 12.4 Å². The van der Waals surface area contributed by atoms with Gasteiger partial charge in [-0.25, -0.2) is 9.98 Å². The third kappa shape index (κ3) is 6.24. The number of hydrogen-bond acceptors (Lipinski definition) is 6. The summed E-state index contributed by atoms with van der Waals surface area (Å²) in [5, 5.41) is 3.41. The molecule has 3 rings (SSSR count). The van der Waals surface area contributed by atoms with E-state index >= 15 is 0 Å². The Labute approximate surface area is 184 Å². The van der Waals surface area contributed by atoms with Crippen molar-refractivity contribution in [1.82, 2.24) is 20.1 Å². The van der Waals surface area contributed by atoms with Gasteiger partial charge in [-0.15, -0.1) is 0 Å². The zero-order valence-electron chi connectivity index (χ0n) is 18.9. The number of ether oxygens (including phenoxy) is 3. The van der Waals surface area contributed by atoms with Gasteiger partial charge in [-0.2, -0.15) is 0 Å². The molecule has 1 aromatic carbocycles. The van der Waals surface area contributed by atoms with Crippen LogP contribution in [0.4, 0.5) is 0 Å². The van der Waals surface area contributed by atoms with Gasteiger partial charge in [0.1, 0.15) is 11.5 Å². The highest BCUT2D eigenvalue weighted by Crippen LogP contribution is 2.25. The molecule has 0 radical (unpaired) electrons. The summed E-state index contributed by atoms with van der Waals surface area (Å²) in [4.78, 5) is 14.0. The second-order valence-electron chi connectivity index (χ2n) is 7.28. The van der Waals surface area contributed by atoms with Gasteiger partial charge < -0.3 is 24.4 Å². The Hall–Kier alpha value is -3.00. The van der Waals surface area contributed by atoms with Gasteiger partial charge in [0.25, 0.3) is 0 Å². The van der Waals surface area contributed by atoms with Crippen LogP contribution in [0.25, 0.3) is 0 Å². The van der Waals surface area contributed by atoms with E-state index in [-0.39, 0.29) is 0 Å². The van der Waals surface area contributed by atoms with Crippen molar-refractivity contribution in [3.8, 4) is 17.4 Å². The van der Waals surface area contributed by atoms with Crippen molar-refractivity contribution in [2.75, 3.05) is 54.1 Å². The van der Waals surface area contributed by atoms with Crippen molar-refractivity contribution in [1.29, 1.82) is 0 Å². The molecule has 0 spiro atoms. The van der Waals surface area contributed by atoms with Crippen LogP contribution in [-0.4, -0.2) is 74.8 Å². The highest BCUT2D eigenvalue weighted by molar-refractivity contribution is 5.80. The molecule has 1 aromatic heterocycles. The molecule has 2 heterocycles. The Bertz CT molecular complexity index is 866. The molecule has 0 aliphatic carbocycles. The first-order chi connectivity index (χ1) is 15.2. The lowest BCUT2D eigenvalue weighted by atomic mass is 10.1. The van der Waals surface area contributed by atoms with Crippen LogP contribution in [0, 0.1) is 0 Å². The summed E-state index contributed by atoms with van der Waals surface area (Å²) in [6, 6.07) is 11.7. The van der Waals surface area contributed by atoms with Crippen molar-refractivity contribution in [3.63, 3.8) is 0 Å². The van der Waals surface area contributed by atoms with Crippen molar-refractivity contribution < 1.29 is 14.2 Å². The summed E-state index contributed by atoms with van der Waals surface area (Å²) in [5.74, 6) is 3.27. The molecule has 1 fully saturated rings. The molecule has 1 aliphatic rings. The van der Waals surface area contributed by atoms with E-state index in [1.54, 1.807) is 21.3 Å². The van der Waals surface area contributed by atoms with Crippen LogP contribution in [0.3, 0.4) is 0 Å². The van der Waals surface area contributed by atoms with E-state index in [9.17, 15) is 0 Å². The molecule has 0 unspecified atom stereocenters. The number of benzene rings is 1. The smallest absolute Gasteiger partial charge is 0.213 e. The van der Waals surface area contributed by atoms with Crippen molar-refractivity contribution >= 4 is 5.96 Å². The largest absolute Gasteiger partial charge is 0.497 e. The van der Waals surface area contributed by atoms with Crippen LogP contribution < -0.4 is 19.5 Å². The van der Waals surface area contributed by atoms with Gasteiger partial charge in [0.2, 0.25) is 5.88 Å². The molecule has 8 heteroatoms. The number of methoxy groups -OCH3 is 3. The second-order valence-corrected chi connectivity index (χ2v) is 7.28. The average Bonchev–Trinajstić information content (AvgIpc) is 2.82. The fraction of sp³-hybridized carbons (Fsp3) is 0.478. The Kier molecular flexibility index (Phi) is 8.35. The number of aromatic nitrogens is 1. The minimum absolute atomic E-state index is 0.515. The summed E-state index contributed by atoms with van der Waals surface area (Å²) >= 11 is 0. The number of guanidine groups is 1. The second kappa shape index (κ2) is 11.4. The van der Waals surface area contributed by atoms with Gasteiger partial charge in [-0.1, -0.05) is 6.07 Å². The van der Waals surface area contributed by atoms with Crippen LogP contribution in [-0.2, 0) is 13.1 Å². The zero-order valence-corrected chi connectivity index (χ0v) is 18.9. The third-order valence-electron chi connectivity index (χ3n) is 5.27.